The minimum absolute atomic E-state index is 0.0248. The fraction of sp³-hybridized carbons (Fsp3) is 0.286. The third-order valence-electron chi connectivity index (χ3n) is 3.65. The summed E-state index contributed by atoms with van der Waals surface area (Å²) in [7, 11) is -2.36. The van der Waals surface area contributed by atoms with Crippen molar-refractivity contribution >= 4 is 22.0 Å². The Morgan fingerprint density at radius 2 is 1.79 bits per heavy atom. The van der Waals surface area contributed by atoms with E-state index in [0.717, 1.165) is 5.56 Å². The van der Waals surface area contributed by atoms with Crippen LogP contribution in [-0.2, 0) is 21.4 Å². The van der Waals surface area contributed by atoms with Gasteiger partial charge in [0.2, 0.25) is 15.9 Å². The van der Waals surface area contributed by atoms with Crippen molar-refractivity contribution in [1.29, 1.82) is 0 Å². The molecule has 0 bridgehead atoms. The van der Waals surface area contributed by atoms with Crippen LogP contribution in [0.25, 0.3) is 6.08 Å². The van der Waals surface area contributed by atoms with E-state index in [1.807, 2.05) is 30.3 Å². The number of carbonyl (C=O) groups excluding carboxylic acids is 1. The van der Waals surface area contributed by atoms with Crippen molar-refractivity contribution < 1.29 is 17.9 Å². The molecule has 2 rings (SSSR count). The summed E-state index contributed by atoms with van der Waals surface area (Å²) in [5, 5.41) is 2.79. The number of hydrogen-bond donors (Lipinski definition) is 2. The topological polar surface area (TPSA) is 84.5 Å². The summed E-state index contributed by atoms with van der Waals surface area (Å²) >= 11 is 0. The third kappa shape index (κ3) is 6.51. The van der Waals surface area contributed by atoms with Crippen molar-refractivity contribution in [3.63, 3.8) is 0 Å². The molecular formula is C21H26N2O4S. The number of ether oxygens (including phenoxy) is 1. The Morgan fingerprint density at radius 1 is 1.11 bits per heavy atom. The molecule has 0 aromatic heterocycles. The lowest BCUT2D eigenvalue weighted by molar-refractivity contribution is -0.116. The van der Waals surface area contributed by atoms with Crippen molar-refractivity contribution in [3.8, 4) is 5.75 Å². The molecule has 2 aromatic rings. The lowest BCUT2D eigenvalue weighted by Crippen LogP contribution is -2.40. The van der Waals surface area contributed by atoms with Crippen molar-refractivity contribution in [1.82, 2.24) is 10.0 Å². The molecule has 0 aliphatic rings. The fourth-order valence-electron chi connectivity index (χ4n) is 2.48. The van der Waals surface area contributed by atoms with Crippen molar-refractivity contribution in [2.24, 2.45) is 0 Å². The molecule has 7 heteroatoms. The Kier molecular flexibility index (Phi) is 6.99. The molecule has 0 heterocycles. The van der Waals surface area contributed by atoms with Crippen molar-refractivity contribution in [2.75, 3.05) is 7.11 Å². The standard InChI is InChI=1S/C21H26N2O4S/c1-21(2,3)23-28(25,26)19-14-16(10-12-18(19)27-4)11-13-20(24)22-15-17-8-6-5-7-9-17/h5-14,23H,15H2,1-4H3,(H,22,24)/b13-11+. The molecule has 0 atom stereocenters. The lowest BCUT2D eigenvalue weighted by atomic mass is 10.1. The number of sulfonamides is 1. The van der Waals surface area contributed by atoms with Crippen LogP contribution in [0.3, 0.4) is 0 Å². The van der Waals surface area contributed by atoms with Crippen LogP contribution in [0.4, 0.5) is 0 Å². The Hall–Kier alpha value is -2.64. The van der Waals surface area contributed by atoms with E-state index in [2.05, 4.69) is 10.0 Å². The Bertz CT molecular complexity index is 946. The van der Waals surface area contributed by atoms with E-state index in [1.165, 1.54) is 19.3 Å². The molecule has 6 nitrogen and oxygen atoms in total. The first-order chi connectivity index (χ1) is 13.1. The SMILES string of the molecule is COc1ccc(/C=C/C(=O)NCc2ccccc2)cc1S(=O)(=O)NC(C)(C)C. The fourth-order valence-corrected chi connectivity index (χ4v) is 4.10. The number of carbonyl (C=O) groups is 1. The summed E-state index contributed by atoms with van der Waals surface area (Å²) in [5.41, 5.74) is 0.938. The zero-order valence-corrected chi connectivity index (χ0v) is 17.3. The monoisotopic (exact) mass is 402 g/mol. The van der Waals surface area contributed by atoms with E-state index >= 15 is 0 Å². The van der Waals surface area contributed by atoms with Gasteiger partial charge < -0.3 is 10.1 Å². The molecule has 0 aliphatic carbocycles. The number of methoxy groups -OCH3 is 1. The Morgan fingerprint density at radius 3 is 2.39 bits per heavy atom. The van der Waals surface area contributed by atoms with Crippen LogP contribution < -0.4 is 14.8 Å². The van der Waals surface area contributed by atoms with Gasteiger partial charge in [0.1, 0.15) is 10.6 Å². The molecule has 0 aliphatic heterocycles. The van der Waals surface area contributed by atoms with Gasteiger partial charge in [-0.15, -0.1) is 0 Å². The maximum absolute atomic E-state index is 12.7. The molecule has 0 spiro atoms. The second kappa shape index (κ2) is 9.03. The van der Waals surface area contributed by atoms with Gasteiger partial charge in [0.15, 0.2) is 0 Å². The summed E-state index contributed by atoms with van der Waals surface area (Å²) in [6.07, 6.45) is 2.94. The molecule has 0 radical (unpaired) electrons. The smallest absolute Gasteiger partial charge is 0.244 e. The molecule has 2 aromatic carbocycles. The highest BCUT2D eigenvalue weighted by Crippen LogP contribution is 2.26. The van der Waals surface area contributed by atoms with Crippen molar-refractivity contribution in [3.05, 3.63) is 65.7 Å². The van der Waals surface area contributed by atoms with Crippen molar-refractivity contribution in [2.45, 2.75) is 37.8 Å². The van der Waals surface area contributed by atoms with Gasteiger partial charge in [-0.05, 0) is 50.1 Å². The third-order valence-corrected chi connectivity index (χ3v) is 5.43. The van der Waals surface area contributed by atoms with Gasteiger partial charge in [-0.3, -0.25) is 4.79 Å². The van der Waals surface area contributed by atoms with Gasteiger partial charge in [0.05, 0.1) is 7.11 Å². The van der Waals surface area contributed by atoms with Gasteiger partial charge >= 0.3 is 0 Å². The zero-order chi connectivity index (χ0) is 20.8. The molecule has 150 valence electrons. The van der Waals surface area contributed by atoms with E-state index < -0.39 is 15.6 Å². The van der Waals surface area contributed by atoms with Crippen LogP contribution in [0.2, 0.25) is 0 Å². The van der Waals surface area contributed by atoms with Gasteiger partial charge in [-0.2, -0.15) is 0 Å². The molecular weight excluding hydrogens is 376 g/mol. The van der Waals surface area contributed by atoms with Gasteiger partial charge in [0.25, 0.3) is 0 Å². The quantitative estimate of drug-likeness (QED) is 0.697. The first-order valence-electron chi connectivity index (χ1n) is 8.82. The van der Waals surface area contributed by atoms with Crippen LogP contribution in [-0.4, -0.2) is 27.0 Å². The van der Waals surface area contributed by atoms with Gasteiger partial charge in [0, 0.05) is 18.2 Å². The average molecular weight is 403 g/mol. The largest absolute Gasteiger partial charge is 0.495 e. The summed E-state index contributed by atoms with van der Waals surface area (Å²) in [6, 6.07) is 14.3. The minimum Gasteiger partial charge on any atom is -0.495 e. The molecule has 0 fully saturated rings. The second-order valence-corrected chi connectivity index (χ2v) is 8.95. The zero-order valence-electron chi connectivity index (χ0n) is 16.5. The predicted octanol–water partition coefficient (Wildman–Crippen LogP) is 3.10. The predicted molar refractivity (Wildman–Crippen MR) is 110 cm³/mol. The van der Waals surface area contributed by atoms with Gasteiger partial charge in [-0.25, -0.2) is 13.1 Å². The van der Waals surface area contributed by atoms with Gasteiger partial charge in [-0.1, -0.05) is 36.4 Å². The number of rotatable bonds is 7. The molecule has 0 unspecified atom stereocenters. The number of hydrogen-bond acceptors (Lipinski definition) is 4. The summed E-state index contributed by atoms with van der Waals surface area (Å²) in [4.78, 5) is 12.1. The number of nitrogens with one attached hydrogen (secondary N) is 2. The molecule has 2 N–H and O–H groups in total. The maximum atomic E-state index is 12.7. The summed E-state index contributed by atoms with van der Waals surface area (Å²) in [5.74, 6) is -0.0284. The van der Waals surface area contributed by atoms with E-state index in [9.17, 15) is 13.2 Å². The van der Waals surface area contributed by atoms with Crippen LogP contribution in [0, 0.1) is 0 Å². The highest BCUT2D eigenvalue weighted by molar-refractivity contribution is 7.89. The Labute approximate surface area is 166 Å². The number of amides is 1. The minimum atomic E-state index is -3.78. The highest BCUT2D eigenvalue weighted by atomic mass is 32.2. The average Bonchev–Trinajstić information content (AvgIpc) is 2.63. The first-order valence-corrected chi connectivity index (χ1v) is 10.3. The number of benzene rings is 2. The highest BCUT2D eigenvalue weighted by Gasteiger charge is 2.25. The Balaban J connectivity index is 2.16. The van der Waals surface area contributed by atoms with E-state index in [-0.39, 0.29) is 16.6 Å². The molecule has 1 amide bonds. The summed E-state index contributed by atoms with van der Waals surface area (Å²) in [6.45, 7) is 5.70. The lowest BCUT2D eigenvalue weighted by Gasteiger charge is -2.21. The van der Waals surface area contributed by atoms with E-state index in [0.29, 0.717) is 12.1 Å². The van der Waals surface area contributed by atoms with E-state index in [1.54, 1.807) is 39.0 Å². The van der Waals surface area contributed by atoms with Crippen LogP contribution >= 0.6 is 0 Å². The maximum Gasteiger partial charge on any atom is 0.244 e. The second-order valence-electron chi connectivity index (χ2n) is 7.30. The van der Waals surface area contributed by atoms with Crippen LogP contribution in [0.1, 0.15) is 31.9 Å². The molecule has 0 saturated heterocycles. The van der Waals surface area contributed by atoms with Crippen LogP contribution in [0.15, 0.2) is 59.5 Å². The normalized spacial score (nSPS) is 12.1. The summed E-state index contributed by atoms with van der Waals surface area (Å²) < 4.78 is 33.2. The molecule has 0 saturated carbocycles. The first kappa shape index (κ1) is 21.7. The van der Waals surface area contributed by atoms with Crippen LogP contribution in [0.5, 0.6) is 5.75 Å². The van der Waals surface area contributed by atoms with E-state index in [4.69, 9.17) is 4.74 Å². The molecule has 28 heavy (non-hydrogen) atoms.